The van der Waals surface area contributed by atoms with E-state index in [1.54, 1.807) is 0 Å². The maximum atomic E-state index is 14.3. The summed E-state index contributed by atoms with van der Waals surface area (Å²) in [7, 11) is 0. The minimum absolute atomic E-state index is 0.0519. The number of nitrogens with zero attached hydrogens (tertiary/aromatic N) is 1. The lowest BCUT2D eigenvalue weighted by molar-refractivity contribution is -0.143. The zero-order valence-electron chi connectivity index (χ0n) is 18.9. The SMILES string of the molecule is C=CC[C@@]1(I)C[C@H](c2cccc(Cl)c2)[C@@H](c2ccc(Cl)cc2)N([C@H](CSCC)C2CC2)C1=O. The lowest BCUT2D eigenvalue weighted by Crippen LogP contribution is -2.58. The number of hydrogen-bond acceptors (Lipinski definition) is 2. The van der Waals surface area contributed by atoms with Gasteiger partial charge in [0.05, 0.1) is 6.04 Å². The largest absolute Gasteiger partial charge is 0.330 e. The Hall–Kier alpha value is -0.690. The molecule has 4 atom stereocenters. The van der Waals surface area contributed by atoms with E-state index in [1.165, 1.54) is 18.4 Å². The third kappa shape index (κ3) is 5.60. The smallest absolute Gasteiger partial charge is 0.239 e. The summed E-state index contributed by atoms with van der Waals surface area (Å²) in [5, 5.41) is 1.44. The van der Waals surface area contributed by atoms with Crippen molar-refractivity contribution in [3.8, 4) is 0 Å². The molecule has 0 unspecified atom stereocenters. The van der Waals surface area contributed by atoms with E-state index >= 15 is 0 Å². The Kier molecular flexibility index (Phi) is 8.41. The van der Waals surface area contributed by atoms with Crippen molar-refractivity contribution < 1.29 is 4.79 Å². The zero-order valence-corrected chi connectivity index (χ0v) is 23.3. The van der Waals surface area contributed by atoms with Gasteiger partial charge >= 0.3 is 0 Å². The van der Waals surface area contributed by atoms with Crippen LogP contribution in [0.15, 0.2) is 61.2 Å². The fourth-order valence-corrected chi connectivity index (χ4v) is 7.41. The summed E-state index contributed by atoms with van der Waals surface area (Å²) in [4.78, 5) is 16.5. The van der Waals surface area contributed by atoms with Crippen molar-refractivity contribution in [3.63, 3.8) is 0 Å². The molecule has 1 saturated heterocycles. The Balaban J connectivity index is 1.88. The number of halogens is 3. The molecular formula is C27H30Cl2INOS. The highest BCUT2D eigenvalue weighted by atomic mass is 127. The average Bonchev–Trinajstić information content (AvgIpc) is 3.63. The first kappa shape index (κ1) is 25.4. The van der Waals surface area contributed by atoms with E-state index in [0.717, 1.165) is 28.5 Å². The van der Waals surface area contributed by atoms with Crippen molar-refractivity contribution in [2.24, 2.45) is 5.92 Å². The second-order valence-corrected chi connectivity index (χ2v) is 13.4. The van der Waals surface area contributed by atoms with Crippen LogP contribution in [0.2, 0.25) is 10.0 Å². The molecule has 2 nitrogen and oxygen atoms in total. The summed E-state index contributed by atoms with van der Waals surface area (Å²) < 4.78 is -0.514. The molecule has 0 radical (unpaired) electrons. The second-order valence-electron chi connectivity index (χ2n) is 9.10. The van der Waals surface area contributed by atoms with Crippen LogP contribution in [0.5, 0.6) is 0 Å². The van der Waals surface area contributed by atoms with Crippen LogP contribution in [0, 0.1) is 5.92 Å². The number of amides is 1. The monoisotopic (exact) mass is 613 g/mol. The van der Waals surface area contributed by atoms with Crippen LogP contribution < -0.4 is 0 Å². The van der Waals surface area contributed by atoms with E-state index in [2.05, 4.69) is 65.3 Å². The molecule has 0 aromatic heterocycles. The van der Waals surface area contributed by atoms with Gasteiger partial charge in [-0.1, -0.05) is 83.1 Å². The summed E-state index contributed by atoms with van der Waals surface area (Å²) in [6.45, 7) is 6.18. The molecular weight excluding hydrogens is 584 g/mol. The van der Waals surface area contributed by atoms with Gasteiger partial charge in [-0.3, -0.25) is 4.79 Å². The Morgan fingerprint density at radius 1 is 1.18 bits per heavy atom. The highest BCUT2D eigenvalue weighted by Crippen LogP contribution is 2.54. The van der Waals surface area contributed by atoms with Crippen LogP contribution in [0.3, 0.4) is 0 Å². The maximum absolute atomic E-state index is 14.3. The first-order chi connectivity index (χ1) is 15.9. The number of allylic oxidation sites excluding steroid dienone is 1. The first-order valence-electron chi connectivity index (χ1n) is 11.6. The number of likely N-dealkylation sites (tertiary alicyclic amines) is 1. The van der Waals surface area contributed by atoms with Crippen molar-refractivity contribution in [2.45, 2.75) is 54.0 Å². The van der Waals surface area contributed by atoms with Crippen LogP contribution in [-0.4, -0.2) is 31.8 Å². The molecule has 2 aromatic carbocycles. The molecule has 0 spiro atoms. The maximum Gasteiger partial charge on any atom is 0.239 e. The van der Waals surface area contributed by atoms with Crippen molar-refractivity contribution >= 4 is 63.5 Å². The van der Waals surface area contributed by atoms with Crippen LogP contribution in [0.25, 0.3) is 0 Å². The predicted octanol–water partition coefficient (Wildman–Crippen LogP) is 8.33. The molecule has 1 aliphatic heterocycles. The summed E-state index contributed by atoms with van der Waals surface area (Å²) in [6, 6.07) is 16.4. The number of piperidine rings is 1. The van der Waals surface area contributed by atoms with E-state index in [0.29, 0.717) is 17.4 Å². The minimum Gasteiger partial charge on any atom is -0.330 e. The molecule has 4 rings (SSSR count). The van der Waals surface area contributed by atoms with Gasteiger partial charge in [-0.15, -0.1) is 6.58 Å². The van der Waals surface area contributed by atoms with Crippen molar-refractivity contribution in [2.75, 3.05) is 11.5 Å². The van der Waals surface area contributed by atoms with Crippen LogP contribution in [0.4, 0.5) is 0 Å². The zero-order chi connectivity index (χ0) is 23.6. The van der Waals surface area contributed by atoms with Crippen molar-refractivity contribution in [1.82, 2.24) is 4.90 Å². The van der Waals surface area contributed by atoms with E-state index in [-0.39, 0.29) is 23.9 Å². The molecule has 1 saturated carbocycles. The number of carbonyl (C=O) groups is 1. The number of carbonyl (C=O) groups excluding carboxylic acids is 1. The van der Waals surface area contributed by atoms with Gasteiger partial charge in [0.1, 0.15) is 3.42 Å². The van der Waals surface area contributed by atoms with Crippen LogP contribution >= 0.6 is 57.6 Å². The van der Waals surface area contributed by atoms with Gasteiger partial charge in [-0.2, -0.15) is 11.8 Å². The normalized spacial score (nSPS) is 26.3. The van der Waals surface area contributed by atoms with Gasteiger partial charge in [0.15, 0.2) is 0 Å². The second kappa shape index (κ2) is 10.9. The Labute approximate surface area is 225 Å². The molecule has 1 amide bonds. The molecule has 1 aliphatic carbocycles. The van der Waals surface area contributed by atoms with Crippen molar-refractivity contribution in [3.05, 3.63) is 82.4 Å². The van der Waals surface area contributed by atoms with E-state index in [9.17, 15) is 4.79 Å². The first-order valence-corrected chi connectivity index (χ1v) is 14.6. The van der Waals surface area contributed by atoms with Crippen molar-refractivity contribution in [1.29, 1.82) is 0 Å². The quantitative estimate of drug-likeness (QED) is 0.161. The number of benzene rings is 2. The van der Waals surface area contributed by atoms with Gasteiger partial charge < -0.3 is 4.90 Å². The molecule has 2 aliphatic rings. The highest BCUT2D eigenvalue weighted by molar-refractivity contribution is 14.1. The standard InChI is InChI=1S/C27H30Cl2INOS/c1-3-14-27(30)16-23(20-6-5-7-22(29)15-20)25(19-10-12-21(28)13-11-19)31(26(27)32)24(17-33-4-2)18-8-9-18/h3,5-7,10-13,15,18,23-25H,1,4,8-9,14,16-17H2,2H3/t23-,24-,25-,27-/m1/s1. The fraction of sp³-hybridized carbons (Fsp3) is 0.444. The third-order valence-corrected chi connectivity index (χ3v) is 9.63. The predicted molar refractivity (Wildman–Crippen MR) is 151 cm³/mol. The lowest BCUT2D eigenvalue weighted by atomic mass is 9.74. The van der Waals surface area contributed by atoms with Gasteiger partial charge in [0.2, 0.25) is 5.91 Å². The summed E-state index contributed by atoms with van der Waals surface area (Å²) in [6.07, 6.45) is 5.70. The molecule has 0 N–H and O–H groups in total. The molecule has 33 heavy (non-hydrogen) atoms. The molecule has 2 aromatic rings. The number of hydrogen-bond donors (Lipinski definition) is 0. The molecule has 1 heterocycles. The molecule has 176 valence electrons. The summed E-state index contributed by atoms with van der Waals surface area (Å²) >= 11 is 17.0. The minimum atomic E-state index is -0.514. The third-order valence-electron chi connectivity index (χ3n) is 6.81. The Morgan fingerprint density at radius 2 is 1.91 bits per heavy atom. The summed E-state index contributed by atoms with van der Waals surface area (Å²) in [5.74, 6) is 2.98. The van der Waals surface area contributed by atoms with Gasteiger partial charge in [-0.25, -0.2) is 0 Å². The number of rotatable bonds is 9. The number of alkyl halides is 1. The van der Waals surface area contributed by atoms with Crippen LogP contribution in [-0.2, 0) is 4.79 Å². The van der Waals surface area contributed by atoms with E-state index in [1.807, 2.05) is 42.1 Å². The molecule has 2 fully saturated rings. The molecule has 6 heteroatoms. The fourth-order valence-electron chi connectivity index (χ4n) is 5.11. The highest BCUT2D eigenvalue weighted by Gasteiger charge is 2.54. The van der Waals surface area contributed by atoms with Crippen LogP contribution in [0.1, 0.15) is 55.7 Å². The Morgan fingerprint density at radius 3 is 2.52 bits per heavy atom. The van der Waals surface area contributed by atoms with E-state index < -0.39 is 3.42 Å². The molecule has 0 bridgehead atoms. The van der Waals surface area contributed by atoms with Gasteiger partial charge in [0, 0.05) is 27.8 Å². The van der Waals surface area contributed by atoms with Gasteiger partial charge in [-0.05, 0) is 72.7 Å². The Bertz CT molecular complexity index is 996. The van der Waals surface area contributed by atoms with Gasteiger partial charge in [0.25, 0.3) is 0 Å². The topological polar surface area (TPSA) is 20.3 Å². The lowest BCUT2D eigenvalue weighted by Gasteiger charge is -2.51. The van der Waals surface area contributed by atoms with E-state index in [4.69, 9.17) is 23.2 Å². The summed E-state index contributed by atoms with van der Waals surface area (Å²) in [5.41, 5.74) is 2.32. The average molecular weight is 614 g/mol. The number of thioether (sulfide) groups is 1.